The normalized spacial score (nSPS) is 10.8. The lowest BCUT2D eigenvalue weighted by atomic mass is 10.1. The van der Waals surface area contributed by atoms with Crippen molar-refractivity contribution in [2.24, 2.45) is 0 Å². The number of rotatable bonds is 2. The van der Waals surface area contributed by atoms with E-state index in [1.807, 2.05) is 24.3 Å². The summed E-state index contributed by atoms with van der Waals surface area (Å²) < 4.78 is 0. The van der Waals surface area contributed by atoms with E-state index in [1.54, 1.807) is 17.8 Å². The minimum absolute atomic E-state index is 0.688. The molecular formula is C16H12ClNS. The van der Waals surface area contributed by atoms with E-state index >= 15 is 0 Å². The van der Waals surface area contributed by atoms with Gasteiger partial charge in [-0.25, -0.2) is 0 Å². The van der Waals surface area contributed by atoms with Crippen LogP contribution >= 0.6 is 23.4 Å². The molecule has 3 aromatic rings. The van der Waals surface area contributed by atoms with E-state index in [4.69, 9.17) is 17.3 Å². The second kappa shape index (κ2) is 5.16. The first-order chi connectivity index (χ1) is 9.22. The molecule has 3 aromatic carbocycles. The molecule has 0 aromatic heterocycles. The van der Waals surface area contributed by atoms with Gasteiger partial charge >= 0.3 is 0 Å². The van der Waals surface area contributed by atoms with Crippen molar-refractivity contribution in [3.05, 3.63) is 65.7 Å². The molecule has 0 radical (unpaired) electrons. The summed E-state index contributed by atoms with van der Waals surface area (Å²) in [5.41, 5.74) is 6.39. The Bertz CT molecular complexity index is 740. The molecule has 0 aliphatic heterocycles. The lowest BCUT2D eigenvalue weighted by molar-refractivity contribution is 1.42. The number of anilines is 1. The first-order valence-electron chi connectivity index (χ1n) is 5.94. The molecule has 0 saturated carbocycles. The average molecular weight is 286 g/mol. The average Bonchev–Trinajstić information content (AvgIpc) is 2.42. The highest BCUT2D eigenvalue weighted by molar-refractivity contribution is 7.99. The highest BCUT2D eigenvalue weighted by atomic mass is 35.5. The maximum absolute atomic E-state index is 6.20. The second-order valence-corrected chi connectivity index (χ2v) is 5.82. The van der Waals surface area contributed by atoms with Crippen LogP contribution in [-0.4, -0.2) is 0 Å². The number of halogens is 1. The third kappa shape index (κ3) is 2.70. The van der Waals surface area contributed by atoms with Gasteiger partial charge in [-0.1, -0.05) is 53.7 Å². The van der Waals surface area contributed by atoms with Gasteiger partial charge in [0.1, 0.15) is 0 Å². The first kappa shape index (κ1) is 12.4. The summed E-state index contributed by atoms with van der Waals surface area (Å²) in [4.78, 5) is 2.19. The Morgan fingerprint density at radius 1 is 0.842 bits per heavy atom. The Balaban J connectivity index is 1.96. The maximum atomic E-state index is 6.20. The Kier molecular flexibility index (Phi) is 3.36. The second-order valence-electron chi connectivity index (χ2n) is 4.30. The smallest absolute Gasteiger partial charge is 0.0565 e. The van der Waals surface area contributed by atoms with Gasteiger partial charge in [-0.05, 0) is 41.1 Å². The van der Waals surface area contributed by atoms with Gasteiger partial charge < -0.3 is 5.73 Å². The molecule has 0 aliphatic carbocycles. The predicted octanol–water partition coefficient (Wildman–Crippen LogP) is 5.23. The van der Waals surface area contributed by atoms with Crippen molar-refractivity contribution in [3.63, 3.8) is 0 Å². The standard InChI is InChI=1S/C16H12ClNS/c17-15-10-13(18)6-8-16(15)19-14-7-5-11-3-1-2-4-12(11)9-14/h1-10H,18H2. The Morgan fingerprint density at radius 2 is 1.63 bits per heavy atom. The van der Waals surface area contributed by atoms with E-state index < -0.39 is 0 Å². The van der Waals surface area contributed by atoms with Crippen LogP contribution in [0.3, 0.4) is 0 Å². The van der Waals surface area contributed by atoms with Gasteiger partial charge in [0.2, 0.25) is 0 Å². The van der Waals surface area contributed by atoms with Crippen molar-refractivity contribution in [2.45, 2.75) is 9.79 Å². The van der Waals surface area contributed by atoms with Gasteiger partial charge in [0.25, 0.3) is 0 Å². The zero-order valence-electron chi connectivity index (χ0n) is 10.1. The molecule has 3 rings (SSSR count). The molecule has 94 valence electrons. The van der Waals surface area contributed by atoms with Crippen LogP contribution in [0.25, 0.3) is 10.8 Å². The topological polar surface area (TPSA) is 26.0 Å². The molecule has 0 bridgehead atoms. The highest BCUT2D eigenvalue weighted by Crippen LogP contribution is 2.35. The third-order valence-electron chi connectivity index (χ3n) is 2.90. The van der Waals surface area contributed by atoms with E-state index in [0.29, 0.717) is 10.7 Å². The van der Waals surface area contributed by atoms with Crippen LogP contribution in [0.2, 0.25) is 5.02 Å². The monoisotopic (exact) mass is 285 g/mol. The largest absolute Gasteiger partial charge is 0.399 e. The van der Waals surface area contributed by atoms with Crippen molar-refractivity contribution in [1.29, 1.82) is 0 Å². The summed E-state index contributed by atoms with van der Waals surface area (Å²) in [6, 6.07) is 20.3. The molecule has 0 heterocycles. The summed E-state index contributed by atoms with van der Waals surface area (Å²) in [6.45, 7) is 0. The fourth-order valence-electron chi connectivity index (χ4n) is 1.96. The molecule has 19 heavy (non-hydrogen) atoms. The van der Waals surface area contributed by atoms with Gasteiger partial charge in [-0.2, -0.15) is 0 Å². The van der Waals surface area contributed by atoms with Crippen LogP contribution in [0.1, 0.15) is 0 Å². The Labute approximate surface area is 121 Å². The van der Waals surface area contributed by atoms with Crippen molar-refractivity contribution in [2.75, 3.05) is 5.73 Å². The molecule has 0 unspecified atom stereocenters. The lowest BCUT2D eigenvalue weighted by Crippen LogP contribution is -1.84. The summed E-state index contributed by atoms with van der Waals surface area (Å²) >= 11 is 7.85. The molecule has 0 amide bonds. The van der Waals surface area contributed by atoms with E-state index in [9.17, 15) is 0 Å². The minimum atomic E-state index is 0.688. The summed E-state index contributed by atoms with van der Waals surface area (Å²) in [5, 5.41) is 3.17. The number of hydrogen-bond acceptors (Lipinski definition) is 2. The summed E-state index contributed by atoms with van der Waals surface area (Å²) in [6.07, 6.45) is 0. The third-order valence-corrected chi connectivity index (χ3v) is 4.39. The van der Waals surface area contributed by atoms with Crippen molar-refractivity contribution in [1.82, 2.24) is 0 Å². The first-order valence-corrected chi connectivity index (χ1v) is 7.13. The molecule has 0 aliphatic rings. The van der Waals surface area contributed by atoms with Crippen LogP contribution < -0.4 is 5.73 Å². The zero-order chi connectivity index (χ0) is 13.2. The SMILES string of the molecule is Nc1ccc(Sc2ccc3ccccc3c2)c(Cl)c1. The van der Waals surface area contributed by atoms with Gasteiger partial charge in [0.15, 0.2) is 0 Å². The van der Waals surface area contributed by atoms with Crippen LogP contribution in [0.5, 0.6) is 0 Å². The molecule has 0 spiro atoms. The van der Waals surface area contributed by atoms with Gasteiger partial charge in [0, 0.05) is 15.5 Å². The number of nitrogen functional groups attached to an aromatic ring is 1. The minimum Gasteiger partial charge on any atom is -0.399 e. The van der Waals surface area contributed by atoms with E-state index in [1.165, 1.54) is 15.7 Å². The molecule has 2 N–H and O–H groups in total. The highest BCUT2D eigenvalue weighted by Gasteiger charge is 2.04. The molecule has 0 atom stereocenters. The maximum Gasteiger partial charge on any atom is 0.0565 e. The lowest BCUT2D eigenvalue weighted by Gasteiger charge is -2.06. The predicted molar refractivity (Wildman–Crippen MR) is 83.9 cm³/mol. The van der Waals surface area contributed by atoms with Crippen LogP contribution in [0, 0.1) is 0 Å². The molecule has 1 nitrogen and oxygen atoms in total. The van der Waals surface area contributed by atoms with E-state index in [-0.39, 0.29) is 0 Å². The van der Waals surface area contributed by atoms with Crippen LogP contribution in [0.15, 0.2) is 70.5 Å². The quantitative estimate of drug-likeness (QED) is 0.653. The number of benzene rings is 3. The van der Waals surface area contributed by atoms with E-state index in [0.717, 1.165) is 4.90 Å². The van der Waals surface area contributed by atoms with Crippen molar-refractivity contribution in [3.8, 4) is 0 Å². The van der Waals surface area contributed by atoms with Gasteiger partial charge in [-0.3, -0.25) is 0 Å². The fraction of sp³-hybridized carbons (Fsp3) is 0. The Morgan fingerprint density at radius 3 is 2.42 bits per heavy atom. The van der Waals surface area contributed by atoms with E-state index in [2.05, 4.69) is 30.3 Å². The van der Waals surface area contributed by atoms with Crippen molar-refractivity contribution >= 4 is 39.8 Å². The molecular weight excluding hydrogens is 274 g/mol. The number of hydrogen-bond donors (Lipinski definition) is 1. The molecule has 0 saturated heterocycles. The van der Waals surface area contributed by atoms with Crippen LogP contribution in [0.4, 0.5) is 5.69 Å². The fourth-order valence-corrected chi connectivity index (χ4v) is 3.13. The number of fused-ring (bicyclic) bond motifs is 1. The van der Waals surface area contributed by atoms with Crippen LogP contribution in [-0.2, 0) is 0 Å². The number of nitrogens with two attached hydrogens (primary N) is 1. The van der Waals surface area contributed by atoms with Crippen molar-refractivity contribution < 1.29 is 0 Å². The van der Waals surface area contributed by atoms with Gasteiger partial charge in [-0.15, -0.1) is 0 Å². The summed E-state index contributed by atoms with van der Waals surface area (Å²) in [7, 11) is 0. The molecule has 0 fully saturated rings. The van der Waals surface area contributed by atoms with Gasteiger partial charge in [0.05, 0.1) is 5.02 Å². The summed E-state index contributed by atoms with van der Waals surface area (Å²) in [5.74, 6) is 0. The Hall–Kier alpha value is -1.64. The zero-order valence-corrected chi connectivity index (χ0v) is 11.7. The molecule has 3 heteroatoms.